The number of nitrogens with zero attached hydrogens (tertiary/aromatic N) is 7. The van der Waals surface area contributed by atoms with E-state index in [1.165, 1.54) is 34.8 Å². The molecular formula is C63H69N11O9S2. The van der Waals surface area contributed by atoms with E-state index in [2.05, 4.69) is 36.6 Å². The van der Waals surface area contributed by atoms with E-state index < -0.39 is 69.9 Å². The van der Waals surface area contributed by atoms with Crippen molar-refractivity contribution < 1.29 is 42.6 Å². The van der Waals surface area contributed by atoms with Gasteiger partial charge in [0.25, 0.3) is 21.8 Å². The molecule has 4 atom stereocenters. The van der Waals surface area contributed by atoms with Crippen LogP contribution in [-0.2, 0) is 50.3 Å². The Morgan fingerprint density at radius 2 is 1.66 bits per heavy atom. The Hall–Kier alpha value is -8.36. The highest BCUT2D eigenvalue weighted by atomic mass is 32.2. The van der Waals surface area contributed by atoms with Gasteiger partial charge in [0.05, 0.1) is 29.8 Å². The molecule has 2 aliphatic heterocycles. The van der Waals surface area contributed by atoms with Crippen molar-refractivity contribution in [3.05, 3.63) is 148 Å². The van der Waals surface area contributed by atoms with Gasteiger partial charge in [0, 0.05) is 73.2 Å². The summed E-state index contributed by atoms with van der Waals surface area (Å²) in [5.41, 5.74) is 5.62. The van der Waals surface area contributed by atoms with Gasteiger partial charge in [-0.2, -0.15) is 5.10 Å². The summed E-state index contributed by atoms with van der Waals surface area (Å²) in [6.07, 6.45) is 14.2. The van der Waals surface area contributed by atoms with Crippen LogP contribution in [0.25, 0.3) is 21.5 Å². The summed E-state index contributed by atoms with van der Waals surface area (Å²) in [4.78, 5) is 87.7. The molecule has 6 heterocycles. The number of carbonyl (C=O) groups is 5. The number of nitrogens with one attached hydrogen (secondary N) is 4. The number of pyridine rings is 2. The van der Waals surface area contributed by atoms with Gasteiger partial charge in [-0.1, -0.05) is 93.7 Å². The van der Waals surface area contributed by atoms with Crippen molar-refractivity contribution in [3.8, 4) is 23.5 Å². The molecule has 3 aromatic carbocycles. The maximum Gasteiger partial charge on any atom is 0.284 e. The van der Waals surface area contributed by atoms with Crippen molar-refractivity contribution in [2.24, 2.45) is 11.3 Å². The average molecular weight is 1190 g/mol. The van der Waals surface area contributed by atoms with Crippen molar-refractivity contribution in [1.82, 2.24) is 45.0 Å². The molecule has 10 rings (SSSR count). The van der Waals surface area contributed by atoms with Crippen LogP contribution < -0.4 is 25.6 Å². The smallest absolute Gasteiger partial charge is 0.284 e. The van der Waals surface area contributed by atoms with E-state index in [0.29, 0.717) is 73.6 Å². The number of hydrogen-bond donors (Lipinski definition) is 6. The zero-order chi connectivity index (χ0) is 60.2. The van der Waals surface area contributed by atoms with Crippen LogP contribution in [0, 0.1) is 30.6 Å². The molecule has 1 aliphatic carbocycles. The molecule has 22 heteroatoms. The van der Waals surface area contributed by atoms with Crippen LogP contribution in [-0.4, -0.2) is 116 Å². The van der Waals surface area contributed by atoms with E-state index in [9.17, 15) is 42.6 Å². The number of β-amino-alcohol motifs (C(OH)–C–C–N with tert-alkyl or cyclic N) is 1. The molecule has 0 bridgehead atoms. The first-order valence-corrected chi connectivity index (χ1v) is 30.9. The zero-order valence-corrected chi connectivity index (χ0v) is 49.5. The molecule has 1 saturated heterocycles. The number of aromatic nitrogens is 5. The molecule has 5 amide bonds. The molecular weight excluding hydrogens is 1120 g/mol. The van der Waals surface area contributed by atoms with Gasteiger partial charge in [0.1, 0.15) is 33.9 Å². The van der Waals surface area contributed by atoms with Gasteiger partial charge in [0.15, 0.2) is 5.13 Å². The number of benzene rings is 3. The maximum atomic E-state index is 14.6. The minimum absolute atomic E-state index is 0.0464. The van der Waals surface area contributed by atoms with Crippen LogP contribution in [0.2, 0.25) is 0 Å². The Morgan fingerprint density at radius 3 is 2.38 bits per heavy atom. The number of sulfonamides is 1. The predicted molar refractivity (Wildman–Crippen MR) is 323 cm³/mol. The number of carbonyl (C=O) groups excluding carboxylic acids is 5. The molecule has 3 aliphatic rings. The normalized spacial score (nSPS) is 17.1. The second-order valence-electron chi connectivity index (χ2n) is 23.2. The number of amides is 5. The van der Waals surface area contributed by atoms with E-state index in [1.54, 1.807) is 93.8 Å². The van der Waals surface area contributed by atoms with Gasteiger partial charge in [-0.25, -0.2) is 28.1 Å². The Morgan fingerprint density at radius 1 is 0.894 bits per heavy atom. The largest absolute Gasteiger partial charge is 0.394 e. The van der Waals surface area contributed by atoms with E-state index in [4.69, 9.17) is 16.5 Å². The number of thiazole rings is 1. The van der Waals surface area contributed by atoms with Crippen LogP contribution >= 0.6 is 11.3 Å². The molecule has 0 radical (unpaired) electrons. The van der Waals surface area contributed by atoms with Crippen LogP contribution in [0.5, 0.6) is 0 Å². The van der Waals surface area contributed by atoms with Crippen molar-refractivity contribution >= 4 is 72.2 Å². The Balaban J connectivity index is 0.826. The minimum Gasteiger partial charge on any atom is -0.394 e. The number of aliphatic hydroxyl groups is 2. The van der Waals surface area contributed by atoms with Crippen molar-refractivity contribution in [2.45, 2.75) is 128 Å². The fourth-order valence-corrected chi connectivity index (χ4v) is 13.2. The molecule has 0 unspecified atom stereocenters. The van der Waals surface area contributed by atoms with Crippen LogP contribution in [0.15, 0.2) is 108 Å². The lowest BCUT2D eigenvalue weighted by atomic mass is 9.85. The topological polar surface area (TPSA) is 271 Å². The third kappa shape index (κ3) is 13.6. The molecule has 2 fully saturated rings. The summed E-state index contributed by atoms with van der Waals surface area (Å²) in [5.74, 6) is 0.488. The molecule has 7 aromatic rings. The highest BCUT2D eigenvalue weighted by molar-refractivity contribution is 7.90. The Kier molecular flexibility index (Phi) is 17.9. The molecule has 20 nitrogen and oxygen atoms in total. The maximum absolute atomic E-state index is 14.6. The van der Waals surface area contributed by atoms with E-state index >= 15 is 0 Å². The molecule has 1 saturated carbocycles. The number of terminal acetylenes is 1. The zero-order valence-electron chi connectivity index (χ0n) is 47.9. The number of fused-ring (bicyclic) bond motifs is 2. The number of hydrogen-bond acceptors (Lipinski definition) is 15. The molecule has 6 N–H and O–H groups in total. The van der Waals surface area contributed by atoms with Crippen molar-refractivity contribution in [3.63, 3.8) is 0 Å². The van der Waals surface area contributed by atoms with Gasteiger partial charge in [-0.3, -0.25) is 34.0 Å². The molecule has 442 valence electrons. The molecule has 0 spiro atoms. The number of anilines is 2. The second kappa shape index (κ2) is 25.5. The monoisotopic (exact) mass is 1190 g/mol. The highest BCUT2D eigenvalue weighted by Gasteiger charge is 2.45. The number of rotatable bonds is 18. The van der Waals surface area contributed by atoms with E-state index in [0.717, 1.165) is 49.0 Å². The van der Waals surface area contributed by atoms with Crippen molar-refractivity contribution in [2.75, 3.05) is 29.9 Å². The summed E-state index contributed by atoms with van der Waals surface area (Å²) in [5, 5.41) is 34.6. The summed E-state index contributed by atoms with van der Waals surface area (Å²) < 4.78 is 32.6. The number of likely N-dealkylation sites (tertiary alicyclic amines) is 1. The summed E-state index contributed by atoms with van der Waals surface area (Å²) in [6.45, 7) is 8.17. The first-order valence-electron chi connectivity index (χ1n) is 28.6. The van der Waals surface area contributed by atoms with Crippen LogP contribution in [0.3, 0.4) is 0 Å². The lowest BCUT2D eigenvalue weighted by Crippen LogP contribution is -2.58. The van der Waals surface area contributed by atoms with Gasteiger partial charge in [-0.15, -0.1) is 6.42 Å². The SMILES string of the molecule is C#Cc1ccc([C@H](CO)NC(=O)[C@@H]2C[C@@H](O)CN2C(=O)[C@@H](NC(=O)CCc2ccc(S(=O)(=O)NC(=O)c3nc(N4CCc5cccc(C(=O)Nc6nc7cccnc7s6)c5C4)ccc3-c3cnn(CC4CCCCC4)c3C)cc2)C(C)(C)C)cc1. The Labute approximate surface area is 497 Å². The summed E-state index contributed by atoms with van der Waals surface area (Å²) >= 11 is 1.28. The highest BCUT2D eigenvalue weighted by Crippen LogP contribution is 2.34. The van der Waals surface area contributed by atoms with Gasteiger partial charge < -0.3 is 30.6 Å². The minimum atomic E-state index is -4.51. The quantitative estimate of drug-likeness (QED) is 0.0471. The first-order chi connectivity index (χ1) is 40.8. The third-order valence-electron chi connectivity index (χ3n) is 16.2. The van der Waals surface area contributed by atoms with Gasteiger partial charge in [0.2, 0.25) is 17.7 Å². The molecule has 4 aromatic heterocycles. The first kappa shape index (κ1) is 59.8. The summed E-state index contributed by atoms with van der Waals surface area (Å²) in [7, 11) is -4.51. The Bertz CT molecular complexity index is 3780. The summed E-state index contributed by atoms with van der Waals surface area (Å²) in [6, 6.07) is 22.3. The lowest BCUT2D eigenvalue weighted by Gasteiger charge is -2.35. The van der Waals surface area contributed by atoms with E-state index in [1.807, 2.05) is 34.7 Å². The fourth-order valence-electron chi connectivity index (χ4n) is 11.5. The third-order valence-corrected chi connectivity index (χ3v) is 18.5. The van der Waals surface area contributed by atoms with E-state index in [-0.39, 0.29) is 48.8 Å². The van der Waals surface area contributed by atoms with Crippen LogP contribution in [0.4, 0.5) is 10.9 Å². The molecule has 85 heavy (non-hydrogen) atoms. The number of aliphatic hydroxyl groups excluding tert-OH is 2. The standard InChI is InChI=1S/C63H69N11O9S2/c1-6-39-17-22-43(23-18-39)51(37-75)66-58(79)52-32-44(76)35-73(52)61(81)56(63(3,4)5)69-54(77)28-21-40-19-24-45(25-20-40)85(82,83)71-59(80)55-46(48-33-65-74(38(48)2)34-41-12-8-7-9-13-41)26-27-53(68-55)72-31-29-42-14-10-15-47(49(42)36-72)57(78)70-62-67-50-16-11-30-64-60(50)84-62/h1,10-11,14-20,22-27,30,33,41,44,51-52,56,75-76H,7-9,12-13,21,28-29,31-32,34-37H2,2-5H3,(H,66,79)(H,69,77)(H,71,80)(H,67,70,78)/t44-,51+,52+,56-/m1/s1. The van der Waals surface area contributed by atoms with Crippen molar-refractivity contribution in [1.29, 1.82) is 0 Å². The number of aryl methyl sites for hydroxylation is 1. The average Bonchev–Trinajstić information content (AvgIpc) is 4.22. The van der Waals surface area contributed by atoms with Crippen LogP contribution in [0.1, 0.15) is 126 Å². The predicted octanol–water partition coefficient (Wildman–Crippen LogP) is 7.03. The second-order valence-corrected chi connectivity index (χ2v) is 25.8. The van der Waals surface area contributed by atoms with Gasteiger partial charge >= 0.3 is 0 Å². The van der Waals surface area contributed by atoms with Gasteiger partial charge in [-0.05, 0) is 121 Å². The lowest BCUT2D eigenvalue weighted by molar-refractivity contribution is -0.144. The fraction of sp³-hybridized carbons (Fsp3) is 0.381.